The van der Waals surface area contributed by atoms with Gasteiger partial charge in [0.2, 0.25) is 0 Å². The van der Waals surface area contributed by atoms with Gasteiger partial charge in [0.1, 0.15) is 18.0 Å². The minimum absolute atomic E-state index is 0.143. The highest BCUT2D eigenvalue weighted by atomic mass is 16.5. The van der Waals surface area contributed by atoms with Gasteiger partial charge in [-0.15, -0.1) is 0 Å². The second-order valence-electron chi connectivity index (χ2n) is 6.88. The third kappa shape index (κ3) is 3.28. The first-order chi connectivity index (χ1) is 13.0. The number of carbonyl (C=O) groups is 1. The van der Waals surface area contributed by atoms with Crippen LogP contribution in [0.1, 0.15) is 45.8 Å². The van der Waals surface area contributed by atoms with Crippen molar-refractivity contribution < 1.29 is 14.3 Å². The van der Waals surface area contributed by atoms with Crippen LogP contribution >= 0.6 is 0 Å². The van der Waals surface area contributed by atoms with E-state index in [1.165, 1.54) is 0 Å². The Labute approximate surface area is 158 Å². The summed E-state index contributed by atoms with van der Waals surface area (Å²) in [4.78, 5) is 17.5. The topological polar surface area (TPSA) is 64.9 Å². The lowest BCUT2D eigenvalue weighted by atomic mass is 10.0. The molecule has 1 aromatic carbocycles. The van der Waals surface area contributed by atoms with Gasteiger partial charge in [-0.05, 0) is 44.5 Å². The second kappa shape index (κ2) is 7.04. The standard InChI is InChI=1S/C21H23N3O3/c1-13-11-14(2)24-8-7-17(20(24)22-13)21(25)23-15(3)16-5-4-6-19-18(16)12-26-9-10-27-19/h4-8,11,15H,9-10,12H2,1-3H3,(H,23,25). The zero-order valence-electron chi connectivity index (χ0n) is 15.8. The van der Waals surface area contributed by atoms with Crippen molar-refractivity contribution >= 4 is 11.6 Å². The Hall–Kier alpha value is -2.86. The first-order valence-electron chi connectivity index (χ1n) is 9.13. The molecule has 6 heteroatoms. The molecule has 1 amide bonds. The third-order valence-electron chi connectivity index (χ3n) is 4.90. The molecule has 1 aliphatic rings. The molecule has 3 aromatic rings. The van der Waals surface area contributed by atoms with Crippen LogP contribution in [0.4, 0.5) is 0 Å². The molecule has 140 valence electrons. The molecule has 0 saturated heterocycles. The molecule has 3 heterocycles. The lowest BCUT2D eigenvalue weighted by Crippen LogP contribution is -2.27. The van der Waals surface area contributed by atoms with Crippen molar-refractivity contribution in [2.24, 2.45) is 0 Å². The SMILES string of the molecule is Cc1cc(C)n2ccc(C(=O)NC(C)c3cccc4c3COCCO4)c2n1. The van der Waals surface area contributed by atoms with Gasteiger partial charge in [0.05, 0.1) is 24.8 Å². The van der Waals surface area contributed by atoms with Crippen LogP contribution in [0.15, 0.2) is 36.5 Å². The van der Waals surface area contributed by atoms with E-state index in [1.54, 1.807) is 0 Å². The summed E-state index contributed by atoms with van der Waals surface area (Å²) in [5, 5.41) is 3.10. The van der Waals surface area contributed by atoms with Crippen molar-refractivity contribution in [2.45, 2.75) is 33.4 Å². The van der Waals surface area contributed by atoms with Gasteiger partial charge in [-0.3, -0.25) is 4.79 Å². The molecule has 0 bridgehead atoms. The van der Waals surface area contributed by atoms with Crippen LogP contribution in [-0.4, -0.2) is 28.5 Å². The van der Waals surface area contributed by atoms with Crippen LogP contribution in [0.5, 0.6) is 5.75 Å². The predicted molar refractivity (Wildman–Crippen MR) is 102 cm³/mol. The van der Waals surface area contributed by atoms with Gasteiger partial charge in [-0.1, -0.05) is 12.1 Å². The van der Waals surface area contributed by atoms with Crippen LogP contribution in [0.3, 0.4) is 0 Å². The molecular weight excluding hydrogens is 342 g/mol. The molecule has 6 nitrogen and oxygen atoms in total. The molecule has 1 atom stereocenters. The highest BCUT2D eigenvalue weighted by Gasteiger charge is 2.21. The summed E-state index contributed by atoms with van der Waals surface area (Å²) in [6.07, 6.45) is 1.88. The van der Waals surface area contributed by atoms with Crippen molar-refractivity contribution in [1.29, 1.82) is 0 Å². The predicted octanol–water partition coefficient (Wildman–Crippen LogP) is 3.35. The normalized spacial score (nSPS) is 14.9. The van der Waals surface area contributed by atoms with E-state index in [-0.39, 0.29) is 11.9 Å². The monoisotopic (exact) mass is 365 g/mol. The zero-order valence-corrected chi connectivity index (χ0v) is 15.8. The van der Waals surface area contributed by atoms with Crippen LogP contribution in [0.25, 0.3) is 5.65 Å². The Morgan fingerprint density at radius 2 is 2.11 bits per heavy atom. The van der Waals surface area contributed by atoms with Gasteiger partial charge < -0.3 is 19.2 Å². The average Bonchev–Trinajstić information content (AvgIpc) is 2.91. The molecular formula is C21H23N3O3. The maximum Gasteiger partial charge on any atom is 0.255 e. The number of aryl methyl sites for hydroxylation is 2. The first kappa shape index (κ1) is 17.5. The first-order valence-corrected chi connectivity index (χ1v) is 9.13. The summed E-state index contributed by atoms with van der Waals surface area (Å²) >= 11 is 0. The number of hydrogen-bond donors (Lipinski definition) is 1. The molecule has 0 radical (unpaired) electrons. The van der Waals surface area contributed by atoms with Gasteiger partial charge in [0.15, 0.2) is 0 Å². The number of aromatic nitrogens is 2. The smallest absolute Gasteiger partial charge is 0.255 e. The van der Waals surface area contributed by atoms with E-state index in [9.17, 15) is 4.79 Å². The van der Waals surface area contributed by atoms with Crippen LogP contribution in [0.2, 0.25) is 0 Å². The minimum atomic E-state index is -0.182. The second-order valence-corrected chi connectivity index (χ2v) is 6.88. The van der Waals surface area contributed by atoms with E-state index < -0.39 is 0 Å². The molecule has 1 aliphatic heterocycles. The van der Waals surface area contributed by atoms with Crippen LogP contribution in [0, 0.1) is 13.8 Å². The van der Waals surface area contributed by atoms with Gasteiger partial charge >= 0.3 is 0 Å². The van der Waals surface area contributed by atoms with Crippen molar-refractivity contribution in [3.8, 4) is 5.75 Å². The third-order valence-corrected chi connectivity index (χ3v) is 4.90. The molecule has 1 N–H and O–H groups in total. The number of rotatable bonds is 3. The number of hydrogen-bond acceptors (Lipinski definition) is 4. The fraction of sp³-hybridized carbons (Fsp3) is 0.333. The lowest BCUT2D eigenvalue weighted by molar-refractivity contribution is 0.0939. The van der Waals surface area contributed by atoms with Crippen molar-refractivity contribution in [3.05, 3.63) is 64.6 Å². The average molecular weight is 365 g/mol. The van der Waals surface area contributed by atoms with Crippen LogP contribution < -0.4 is 10.1 Å². The summed E-state index contributed by atoms with van der Waals surface area (Å²) in [6.45, 7) is 7.50. The van der Waals surface area contributed by atoms with Gasteiger partial charge in [0.25, 0.3) is 5.91 Å². The highest BCUT2D eigenvalue weighted by Crippen LogP contribution is 2.29. The summed E-state index contributed by atoms with van der Waals surface area (Å²) in [5.41, 5.74) is 5.19. The Bertz CT molecular complexity index is 1010. The number of ether oxygens (including phenoxy) is 2. The molecule has 0 fully saturated rings. The Kier molecular flexibility index (Phi) is 4.58. The van der Waals surface area contributed by atoms with E-state index in [1.807, 2.05) is 61.7 Å². The van der Waals surface area contributed by atoms with Crippen molar-refractivity contribution in [1.82, 2.24) is 14.7 Å². The van der Waals surface area contributed by atoms with Gasteiger partial charge in [-0.2, -0.15) is 0 Å². The van der Waals surface area contributed by atoms with E-state index >= 15 is 0 Å². The quantitative estimate of drug-likeness (QED) is 0.773. The highest BCUT2D eigenvalue weighted by molar-refractivity contribution is 6.00. The van der Waals surface area contributed by atoms with Crippen molar-refractivity contribution in [3.63, 3.8) is 0 Å². The molecule has 0 aliphatic carbocycles. The maximum atomic E-state index is 12.9. The number of benzene rings is 1. The van der Waals surface area contributed by atoms with E-state index in [0.29, 0.717) is 31.0 Å². The van der Waals surface area contributed by atoms with E-state index in [2.05, 4.69) is 10.3 Å². The summed E-state index contributed by atoms with van der Waals surface area (Å²) in [5.74, 6) is 0.684. The Balaban J connectivity index is 1.63. The Morgan fingerprint density at radius 3 is 2.96 bits per heavy atom. The molecule has 0 spiro atoms. The molecule has 2 aromatic heterocycles. The molecule has 1 unspecified atom stereocenters. The molecule has 0 saturated carbocycles. The number of carbonyl (C=O) groups excluding carboxylic acids is 1. The Morgan fingerprint density at radius 1 is 1.26 bits per heavy atom. The number of nitrogens with one attached hydrogen (secondary N) is 1. The van der Waals surface area contributed by atoms with E-state index in [0.717, 1.165) is 28.3 Å². The minimum Gasteiger partial charge on any atom is -0.491 e. The van der Waals surface area contributed by atoms with E-state index in [4.69, 9.17) is 9.47 Å². The van der Waals surface area contributed by atoms with Gasteiger partial charge in [-0.25, -0.2) is 4.98 Å². The fourth-order valence-corrected chi connectivity index (χ4v) is 3.59. The lowest BCUT2D eigenvalue weighted by Gasteiger charge is -2.19. The summed E-state index contributed by atoms with van der Waals surface area (Å²) in [6, 6.07) is 9.53. The zero-order chi connectivity index (χ0) is 19.0. The fourth-order valence-electron chi connectivity index (χ4n) is 3.59. The number of amides is 1. The summed E-state index contributed by atoms with van der Waals surface area (Å²) in [7, 11) is 0. The number of nitrogens with zero attached hydrogens (tertiary/aromatic N) is 2. The van der Waals surface area contributed by atoms with Crippen LogP contribution in [-0.2, 0) is 11.3 Å². The maximum absolute atomic E-state index is 12.9. The largest absolute Gasteiger partial charge is 0.491 e. The summed E-state index contributed by atoms with van der Waals surface area (Å²) < 4.78 is 13.3. The molecule has 4 rings (SSSR count). The molecule has 27 heavy (non-hydrogen) atoms. The number of fused-ring (bicyclic) bond motifs is 2. The van der Waals surface area contributed by atoms with Gasteiger partial charge in [0, 0.05) is 23.1 Å². The van der Waals surface area contributed by atoms with Crippen molar-refractivity contribution in [2.75, 3.05) is 13.2 Å².